The summed E-state index contributed by atoms with van der Waals surface area (Å²) >= 11 is 0. The maximum atomic E-state index is 2.45. The van der Waals surface area contributed by atoms with Crippen molar-refractivity contribution in [3.8, 4) is 0 Å². The third-order valence-electron chi connectivity index (χ3n) is 4.62. The largest absolute Gasteiger partial charge is 0.0625 e. The molecule has 2 atom stereocenters. The first-order chi connectivity index (χ1) is 6.86. The summed E-state index contributed by atoms with van der Waals surface area (Å²) in [5, 5.41) is 0. The van der Waals surface area contributed by atoms with E-state index in [4.69, 9.17) is 0 Å². The Hall–Kier alpha value is 0. The van der Waals surface area contributed by atoms with E-state index in [1.165, 1.54) is 38.5 Å². The van der Waals surface area contributed by atoms with Crippen molar-refractivity contribution in [1.29, 1.82) is 0 Å². The SMILES string of the molecule is CC1CCCC(C2CCCCC2)CC1. The lowest BCUT2D eigenvalue weighted by atomic mass is 9.77. The standard InChI is InChI=1S/C14H26/c1-12-6-5-9-14(11-10-12)13-7-3-2-4-8-13/h12-14H,2-11H2,1H3. The zero-order valence-corrected chi connectivity index (χ0v) is 9.80. The molecule has 0 saturated heterocycles. The van der Waals surface area contributed by atoms with Crippen molar-refractivity contribution in [2.24, 2.45) is 17.8 Å². The maximum Gasteiger partial charge on any atom is -0.0386 e. The Balaban J connectivity index is 1.83. The van der Waals surface area contributed by atoms with Gasteiger partial charge in [-0.25, -0.2) is 0 Å². The van der Waals surface area contributed by atoms with E-state index >= 15 is 0 Å². The Bertz CT molecular complexity index is 155. The van der Waals surface area contributed by atoms with Gasteiger partial charge in [-0.2, -0.15) is 0 Å². The number of hydrogen-bond donors (Lipinski definition) is 0. The van der Waals surface area contributed by atoms with Gasteiger partial charge in [-0.05, 0) is 24.2 Å². The fraction of sp³-hybridized carbons (Fsp3) is 1.00. The number of hydrogen-bond acceptors (Lipinski definition) is 0. The predicted molar refractivity (Wildman–Crippen MR) is 62.3 cm³/mol. The van der Waals surface area contributed by atoms with Crippen molar-refractivity contribution in [3.63, 3.8) is 0 Å². The van der Waals surface area contributed by atoms with Crippen molar-refractivity contribution in [2.45, 2.75) is 71.1 Å². The van der Waals surface area contributed by atoms with Crippen LogP contribution >= 0.6 is 0 Å². The van der Waals surface area contributed by atoms with Gasteiger partial charge < -0.3 is 0 Å². The van der Waals surface area contributed by atoms with Gasteiger partial charge in [0.05, 0.1) is 0 Å². The molecule has 0 heterocycles. The van der Waals surface area contributed by atoms with Crippen LogP contribution in [0.2, 0.25) is 0 Å². The van der Waals surface area contributed by atoms with E-state index in [2.05, 4.69) is 6.92 Å². The third-order valence-corrected chi connectivity index (χ3v) is 4.62. The number of rotatable bonds is 1. The molecule has 2 rings (SSSR count). The molecule has 0 aromatic rings. The monoisotopic (exact) mass is 194 g/mol. The molecular weight excluding hydrogens is 168 g/mol. The summed E-state index contributed by atoms with van der Waals surface area (Å²) in [5.74, 6) is 3.25. The summed E-state index contributed by atoms with van der Waals surface area (Å²) < 4.78 is 0. The molecule has 82 valence electrons. The highest BCUT2D eigenvalue weighted by molar-refractivity contribution is 4.77. The van der Waals surface area contributed by atoms with Crippen LogP contribution in [0.5, 0.6) is 0 Å². The molecule has 0 aromatic heterocycles. The van der Waals surface area contributed by atoms with Crippen molar-refractivity contribution in [1.82, 2.24) is 0 Å². The van der Waals surface area contributed by atoms with Crippen LogP contribution in [-0.4, -0.2) is 0 Å². The smallest absolute Gasteiger partial charge is 0.0386 e. The molecule has 0 aromatic carbocycles. The summed E-state index contributed by atoms with van der Waals surface area (Å²) in [4.78, 5) is 0. The second-order valence-corrected chi connectivity index (χ2v) is 5.77. The Morgan fingerprint density at radius 3 is 2.00 bits per heavy atom. The van der Waals surface area contributed by atoms with Crippen LogP contribution in [-0.2, 0) is 0 Å². The van der Waals surface area contributed by atoms with Crippen LogP contribution < -0.4 is 0 Å². The van der Waals surface area contributed by atoms with E-state index in [9.17, 15) is 0 Å². The van der Waals surface area contributed by atoms with E-state index in [0.717, 1.165) is 17.8 Å². The van der Waals surface area contributed by atoms with Gasteiger partial charge >= 0.3 is 0 Å². The predicted octanol–water partition coefficient (Wildman–Crippen LogP) is 4.78. The van der Waals surface area contributed by atoms with Gasteiger partial charge in [-0.1, -0.05) is 64.7 Å². The average Bonchev–Trinajstić information content (AvgIpc) is 2.44. The molecule has 0 aliphatic heterocycles. The molecule has 2 aliphatic rings. The van der Waals surface area contributed by atoms with Crippen LogP contribution in [0, 0.1) is 17.8 Å². The fourth-order valence-electron chi connectivity index (χ4n) is 3.59. The summed E-state index contributed by atoms with van der Waals surface area (Å²) in [7, 11) is 0. The average molecular weight is 194 g/mol. The molecule has 0 heteroatoms. The minimum absolute atomic E-state index is 1.02. The molecule has 0 N–H and O–H groups in total. The van der Waals surface area contributed by atoms with E-state index in [0.29, 0.717) is 0 Å². The van der Waals surface area contributed by atoms with Gasteiger partial charge in [0.25, 0.3) is 0 Å². The highest BCUT2D eigenvalue weighted by Crippen LogP contribution is 2.38. The summed E-state index contributed by atoms with van der Waals surface area (Å²) in [6.45, 7) is 2.45. The summed E-state index contributed by atoms with van der Waals surface area (Å²) in [6, 6.07) is 0. The molecule has 0 radical (unpaired) electrons. The van der Waals surface area contributed by atoms with Gasteiger partial charge in [0.15, 0.2) is 0 Å². The Morgan fingerprint density at radius 1 is 0.571 bits per heavy atom. The van der Waals surface area contributed by atoms with E-state index in [1.807, 2.05) is 0 Å². The summed E-state index contributed by atoms with van der Waals surface area (Å²) in [5.41, 5.74) is 0. The van der Waals surface area contributed by atoms with Crippen molar-refractivity contribution < 1.29 is 0 Å². The lowest BCUT2D eigenvalue weighted by Gasteiger charge is -2.29. The second-order valence-electron chi connectivity index (χ2n) is 5.77. The first kappa shape index (κ1) is 10.5. The lowest BCUT2D eigenvalue weighted by Crippen LogP contribution is -2.17. The maximum absolute atomic E-state index is 2.45. The molecule has 2 aliphatic carbocycles. The van der Waals surface area contributed by atoms with E-state index in [-0.39, 0.29) is 0 Å². The van der Waals surface area contributed by atoms with Crippen LogP contribution in [0.1, 0.15) is 71.1 Å². The zero-order valence-electron chi connectivity index (χ0n) is 9.80. The Kier molecular flexibility index (Phi) is 3.89. The van der Waals surface area contributed by atoms with Gasteiger partial charge in [-0.3, -0.25) is 0 Å². The summed E-state index contributed by atoms with van der Waals surface area (Å²) in [6.07, 6.45) is 15.3. The topological polar surface area (TPSA) is 0 Å². The molecule has 0 nitrogen and oxygen atoms in total. The molecular formula is C14H26. The van der Waals surface area contributed by atoms with Crippen molar-refractivity contribution >= 4 is 0 Å². The zero-order chi connectivity index (χ0) is 9.80. The normalized spacial score (nSPS) is 36.6. The molecule has 14 heavy (non-hydrogen) atoms. The van der Waals surface area contributed by atoms with Crippen molar-refractivity contribution in [2.75, 3.05) is 0 Å². The first-order valence-corrected chi connectivity index (χ1v) is 6.86. The molecule has 2 saturated carbocycles. The fourth-order valence-corrected chi connectivity index (χ4v) is 3.59. The highest BCUT2D eigenvalue weighted by Gasteiger charge is 2.25. The first-order valence-electron chi connectivity index (χ1n) is 6.86. The molecule has 0 bridgehead atoms. The van der Waals surface area contributed by atoms with Gasteiger partial charge in [0.2, 0.25) is 0 Å². The molecule has 2 fully saturated rings. The van der Waals surface area contributed by atoms with E-state index < -0.39 is 0 Å². The lowest BCUT2D eigenvalue weighted by molar-refractivity contribution is 0.225. The Labute approximate surface area is 89.5 Å². The molecule has 0 spiro atoms. The van der Waals surface area contributed by atoms with Crippen LogP contribution in [0.15, 0.2) is 0 Å². The van der Waals surface area contributed by atoms with Crippen molar-refractivity contribution in [3.05, 3.63) is 0 Å². The minimum atomic E-state index is 1.02. The minimum Gasteiger partial charge on any atom is -0.0625 e. The molecule has 2 unspecified atom stereocenters. The van der Waals surface area contributed by atoms with Crippen LogP contribution in [0.25, 0.3) is 0 Å². The molecule has 0 amide bonds. The van der Waals surface area contributed by atoms with Gasteiger partial charge in [0, 0.05) is 0 Å². The van der Waals surface area contributed by atoms with Crippen LogP contribution in [0.4, 0.5) is 0 Å². The van der Waals surface area contributed by atoms with Gasteiger partial charge in [-0.15, -0.1) is 0 Å². The third kappa shape index (κ3) is 2.74. The second kappa shape index (κ2) is 5.19. The van der Waals surface area contributed by atoms with Crippen LogP contribution in [0.3, 0.4) is 0 Å². The highest BCUT2D eigenvalue weighted by atomic mass is 14.3. The Morgan fingerprint density at radius 2 is 1.21 bits per heavy atom. The van der Waals surface area contributed by atoms with E-state index in [1.54, 1.807) is 25.7 Å². The van der Waals surface area contributed by atoms with Gasteiger partial charge in [0.1, 0.15) is 0 Å². The quantitative estimate of drug-likeness (QED) is 0.527.